The smallest absolute Gasteiger partial charge is 0.123 e. The Morgan fingerprint density at radius 3 is 2.70 bits per heavy atom. The molecule has 1 aromatic carbocycles. The van der Waals surface area contributed by atoms with Crippen molar-refractivity contribution in [3.63, 3.8) is 0 Å². The fourth-order valence-corrected chi connectivity index (χ4v) is 2.83. The fourth-order valence-electron chi connectivity index (χ4n) is 2.83. The molecule has 0 radical (unpaired) electrons. The van der Waals surface area contributed by atoms with Crippen molar-refractivity contribution < 1.29 is 9.84 Å². The minimum Gasteiger partial charge on any atom is -0.507 e. The molecule has 0 aromatic heterocycles. The second-order valence-electron chi connectivity index (χ2n) is 5.61. The van der Waals surface area contributed by atoms with Gasteiger partial charge in [-0.2, -0.15) is 0 Å². The van der Waals surface area contributed by atoms with Gasteiger partial charge in [-0.25, -0.2) is 0 Å². The summed E-state index contributed by atoms with van der Waals surface area (Å²) >= 11 is 0. The Morgan fingerprint density at radius 1 is 1.35 bits per heavy atom. The van der Waals surface area contributed by atoms with E-state index in [1.165, 1.54) is 19.3 Å². The number of nitrogens with one attached hydrogen (secondary N) is 1. The molecule has 1 saturated heterocycles. The predicted octanol–water partition coefficient (Wildman–Crippen LogP) is 2.22. The number of ether oxygens (including phenoxy) is 1. The monoisotopic (exact) mass is 278 g/mol. The first kappa shape index (κ1) is 15.1. The quantitative estimate of drug-likeness (QED) is 0.837. The standard InChI is InChI=1S/C16H26N2O2/c1-17-8-5-13-6-9-18(10-7-13)12-14-3-4-15(20-2)11-16(14)19/h3-4,11,13,17,19H,5-10,12H2,1-2H3. The zero-order valence-corrected chi connectivity index (χ0v) is 12.6. The van der Waals surface area contributed by atoms with Gasteiger partial charge in [-0.1, -0.05) is 6.07 Å². The van der Waals surface area contributed by atoms with E-state index in [1.807, 2.05) is 19.2 Å². The lowest BCUT2D eigenvalue weighted by Crippen LogP contribution is -2.34. The Kier molecular flexibility index (Phi) is 5.68. The van der Waals surface area contributed by atoms with Gasteiger partial charge in [0.15, 0.2) is 0 Å². The van der Waals surface area contributed by atoms with Gasteiger partial charge in [0.2, 0.25) is 0 Å². The van der Waals surface area contributed by atoms with Gasteiger partial charge in [0.1, 0.15) is 11.5 Å². The SMILES string of the molecule is CNCCC1CCN(Cc2ccc(OC)cc2O)CC1. The van der Waals surface area contributed by atoms with E-state index in [0.717, 1.165) is 37.7 Å². The molecule has 0 atom stereocenters. The summed E-state index contributed by atoms with van der Waals surface area (Å²) in [5.74, 6) is 1.89. The maximum atomic E-state index is 10.0. The normalized spacial score (nSPS) is 17.3. The number of phenols is 1. The number of likely N-dealkylation sites (tertiary alicyclic amines) is 1. The van der Waals surface area contributed by atoms with Crippen LogP contribution in [-0.2, 0) is 6.54 Å². The van der Waals surface area contributed by atoms with Gasteiger partial charge < -0.3 is 15.2 Å². The summed E-state index contributed by atoms with van der Waals surface area (Å²) in [7, 11) is 3.63. The zero-order chi connectivity index (χ0) is 14.4. The molecule has 0 bridgehead atoms. The molecular weight excluding hydrogens is 252 g/mol. The number of methoxy groups -OCH3 is 1. The molecule has 0 aliphatic carbocycles. The first-order valence-corrected chi connectivity index (χ1v) is 7.45. The van der Waals surface area contributed by atoms with E-state index >= 15 is 0 Å². The third kappa shape index (κ3) is 4.12. The molecule has 1 aliphatic rings. The van der Waals surface area contributed by atoms with Crippen molar-refractivity contribution in [2.24, 2.45) is 5.92 Å². The molecule has 2 N–H and O–H groups in total. The number of piperidine rings is 1. The Hall–Kier alpha value is -1.26. The van der Waals surface area contributed by atoms with Crippen molar-refractivity contribution in [2.45, 2.75) is 25.8 Å². The Labute approximate surface area is 121 Å². The van der Waals surface area contributed by atoms with E-state index in [2.05, 4.69) is 10.2 Å². The lowest BCUT2D eigenvalue weighted by Gasteiger charge is -2.32. The van der Waals surface area contributed by atoms with Crippen LogP contribution in [0.1, 0.15) is 24.8 Å². The number of rotatable bonds is 6. The van der Waals surface area contributed by atoms with Crippen molar-refractivity contribution in [1.29, 1.82) is 0 Å². The maximum absolute atomic E-state index is 10.0. The zero-order valence-electron chi connectivity index (χ0n) is 12.6. The lowest BCUT2D eigenvalue weighted by molar-refractivity contribution is 0.171. The van der Waals surface area contributed by atoms with E-state index in [9.17, 15) is 5.11 Å². The predicted molar refractivity (Wildman–Crippen MR) is 81.2 cm³/mol. The molecular formula is C16H26N2O2. The van der Waals surface area contributed by atoms with Crippen LogP contribution in [-0.4, -0.2) is 43.8 Å². The maximum Gasteiger partial charge on any atom is 0.123 e. The van der Waals surface area contributed by atoms with Crippen molar-refractivity contribution in [2.75, 3.05) is 33.8 Å². The first-order valence-electron chi connectivity index (χ1n) is 7.45. The van der Waals surface area contributed by atoms with Gasteiger partial charge in [-0.15, -0.1) is 0 Å². The van der Waals surface area contributed by atoms with Crippen molar-refractivity contribution in [3.8, 4) is 11.5 Å². The van der Waals surface area contributed by atoms with Crippen LogP contribution in [0.2, 0.25) is 0 Å². The first-order chi connectivity index (χ1) is 9.72. The van der Waals surface area contributed by atoms with Crippen LogP contribution in [0.4, 0.5) is 0 Å². The van der Waals surface area contributed by atoms with Gasteiger partial charge >= 0.3 is 0 Å². The second kappa shape index (κ2) is 7.50. The number of phenolic OH excluding ortho intramolecular Hbond substituents is 1. The van der Waals surface area contributed by atoms with Crippen LogP contribution in [0.5, 0.6) is 11.5 Å². The molecule has 0 spiro atoms. The number of hydrogen-bond acceptors (Lipinski definition) is 4. The van der Waals surface area contributed by atoms with Crippen molar-refractivity contribution in [1.82, 2.24) is 10.2 Å². The Bertz CT molecular complexity index is 415. The lowest BCUT2D eigenvalue weighted by atomic mass is 9.93. The number of aromatic hydroxyl groups is 1. The summed E-state index contributed by atoms with van der Waals surface area (Å²) in [5.41, 5.74) is 0.986. The van der Waals surface area contributed by atoms with Crippen molar-refractivity contribution in [3.05, 3.63) is 23.8 Å². The van der Waals surface area contributed by atoms with E-state index in [1.54, 1.807) is 13.2 Å². The summed E-state index contributed by atoms with van der Waals surface area (Å²) in [6, 6.07) is 5.56. The molecule has 4 heteroatoms. The van der Waals surface area contributed by atoms with Crippen LogP contribution < -0.4 is 10.1 Å². The van der Waals surface area contributed by atoms with E-state index < -0.39 is 0 Å². The third-order valence-corrected chi connectivity index (χ3v) is 4.20. The third-order valence-electron chi connectivity index (χ3n) is 4.20. The summed E-state index contributed by atoms with van der Waals surface area (Å²) in [5, 5.41) is 13.2. The van der Waals surface area contributed by atoms with Gasteiger partial charge in [0.05, 0.1) is 7.11 Å². The average molecular weight is 278 g/mol. The van der Waals surface area contributed by atoms with Crippen molar-refractivity contribution >= 4 is 0 Å². The van der Waals surface area contributed by atoms with Gasteiger partial charge in [0.25, 0.3) is 0 Å². The summed E-state index contributed by atoms with van der Waals surface area (Å²) in [4.78, 5) is 2.43. The van der Waals surface area contributed by atoms with Gasteiger partial charge in [-0.05, 0) is 57.9 Å². The molecule has 1 aromatic rings. The van der Waals surface area contributed by atoms with Gasteiger partial charge in [0, 0.05) is 18.2 Å². The summed E-state index contributed by atoms with van der Waals surface area (Å²) in [6.45, 7) is 4.19. The van der Waals surface area contributed by atoms with Crippen LogP contribution in [0.25, 0.3) is 0 Å². The molecule has 0 amide bonds. The highest BCUT2D eigenvalue weighted by Gasteiger charge is 2.19. The molecule has 2 rings (SSSR count). The van der Waals surface area contributed by atoms with E-state index in [-0.39, 0.29) is 0 Å². The molecule has 1 aliphatic heterocycles. The molecule has 1 fully saturated rings. The largest absolute Gasteiger partial charge is 0.507 e. The number of nitrogens with zero attached hydrogens (tertiary/aromatic N) is 1. The molecule has 0 saturated carbocycles. The molecule has 1 heterocycles. The minimum atomic E-state index is 0.335. The molecule has 0 unspecified atom stereocenters. The van der Waals surface area contributed by atoms with Crippen LogP contribution in [0.15, 0.2) is 18.2 Å². The fraction of sp³-hybridized carbons (Fsp3) is 0.625. The summed E-state index contributed by atoms with van der Waals surface area (Å²) in [6.07, 6.45) is 3.80. The van der Waals surface area contributed by atoms with Crippen LogP contribution in [0, 0.1) is 5.92 Å². The van der Waals surface area contributed by atoms with Crippen LogP contribution >= 0.6 is 0 Å². The second-order valence-corrected chi connectivity index (χ2v) is 5.61. The van der Waals surface area contributed by atoms with Gasteiger partial charge in [-0.3, -0.25) is 4.90 Å². The van der Waals surface area contributed by atoms with E-state index in [4.69, 9.17) is 4.74 Å². The highest BCUT2D eigenvalue weighted by Crippen LogP contribution is 2.27. The average Bonchev–Trinajstić information content (AvgIpc) is 2.48. The topological polar surface area (TPSA) is 44.7 Å². The van der Waals surface area contributed by atoms with E-state index in [0.29, 0.717) is 11.5 Å². The highest BCUT2D eigenvalue weighted by molar-refractivity contribution is 5.39. The Balaban J connectivity index is 1.83. The minimum absolute atomic E-state index is 0.335. The number of benzene rings is 1. The molecule has 4 nitrogen and oxygen atoms in total. The number of hydrogen-bond donors (Lipinski definition) is 2. The molecule has 20 heavy (non-hydrogen) atoms. The summed E-state index contributed by atoms with van der Waals surface area (Å²) < 4.78 is 5.11. The Morgan fingerprint density at radius 2 is 2.10 bits per heavy atom. The van der Waals surface area contributed by atoms with Crippen LogP contribution in [0.3, 0.4) is 0 Å². The highest BCUT2D eigenvalue weighted by atomic mass is 16.5. The molecule has 112 valence electrons.